The highest BCUT2D eigenvalue weighted by molar-refractivity contribution is 5.88. The van der Waals surface area contributed by atoms with E-state index in [1.807, 2.05) is 38.1 Å². The molecular weight excluding hydrogens is 350 g/mol. The lowest BCUT2D eigenvalue weighted by atomic mass is 10.0. The Labute approximate surface area is 168 Å². The maximum Gasteiger partial charge on any atom is 0.245 e. The van der Waals surface area contributed by atoms with Gasteiger partial charge < -0.3 is 20.3 Å². The van der Waals surface area contributed by atoms with Crippen LogP contribution in [0.5, 0.6) is 5.75 Å². The van der Waals surface area contributed by atoms with Crippen LogP contribution >= 0.6 is 0 Å². The van der Waals surface area contributed by atoms with E-state index in [1.165, 1.54) is 11.3 Å². The van der Waals surface area contributed by atoms with Gasteiger partial charge in [0.1, 0.15) is 11.3 Å². The zero-order valence-corrected chi connectivity index (χ0v) is 17.3. The highest BCUT2D eigenvalue weighted by Gasteiger charge is 2.29. The lowest BCUT2D eigenvalue weighted by Gasteiger charge is -2.27. The molecule has 1 unspecified atom stereocenters. The van der Waals surface area contributed by atoms with Gasteiger partial charge in [-0.3, -0.25) is 4.79 Å². The van der Waals surface area contributed by atoms with Gasteiger partial charge in [0.15, 0.2) is 0 Å². The van der Waals surface area contributed by atoms with E-state index in [0.29, 0.717) is 12.5 Å². The third-order valence-corrected chi connectivity index (χ3v) is 5.41. The van der Waals surface area contributed by atoms with Crippen molar-refractivity contribution in [1.29, 1.82) is 0 Å². The molecule has 0 aromatic heterocycles. The molecule has 3 rings (SSSR count). The Morgan fingerprint density at radius 3 is 2.57 bits per heavy atom. The van der Waals surface area contributed by atoms with Gasteiger partial charge in [-0.2, -0.15) is 0 Å². The lowest BCUT2D eigenvalue weighted by molar-refractivity contribution is -0.124. The van der Waals surface area contributed by atoms with Crippen LogP contribution in [0.2, 0.25) is 0 Å². The first-order chi connectivity index (χ1) is 13.4. The molecule has 0 saturated carbocycles. The summed E-state index contributed by atoms with van der Waals surface area (Å²) in [4.78, 5) is 15.2. The Hall–Kier alpha value is -2.69. The van der Waals surface area contributed by atoms with Crippen LogP contribution in [-0.4, -0.2) is 38.2 Å². The Morgan fingerprint density at radius 2 is 1.89 bits per heavy atom. The number of carbonyl (C=O) groups excluding carboxylic acids is 1. The molecule has 1 fully saturated rings. The molecule has 0 spiro atoms. The predicted octanol–water partition coefficient (Wildman–Crippen LogP) is 3.84. The molecule has 1 aliphatic heterocycles. The molecule has 1 aliphatic rings. The van der Waals surface area contributed by atoms with Crippen molar-refractivity contribution in [3.05, 3.63) is 54.1 Å². The van der Waals surface area contributed by atoms with E-state index in [1.54, 1.807) is 7.11 Å². The molecule has 0 bridgehead atoms. The van der Waals surface area contributed by atoms with Crippen LogP contribution in [0, 0.1) is 12.8 Å². The van der Waals surface area contributed by atoms with Gasteiger partial charge in [-0.15, -0.1) is 0 Å². The van der Waals surface area contributed by atoms with Gasteiger partial charge in [0, 0.05) is 31.0 Å². The molecule has 1 heterocycles. The molecule has 0 radical (unpaired) electrons. The van der Waals surface area contributed by atoms with Crippen molar-refractivity contribution in [2.45, 2.75) is 32.7 Å². The molecule has 150 valence electrons. The average Bonchev–Trinajstić information content (AvgIpc) is 3.15. The van der Waals surface area contributed by atoms with Crippen LogP contribution < -0.4 is 20.3 Å². The van der Waals surface area contributed by atoms with E-state index in [9.17, 15) is 4.79 Å². The normalized spacial score (nSPS) is 16.7. The Bertz CT molecular complexity index is 802. The predicted molar refractivity (Wildman–Crippen MR) is 115 cm³/mol. The molecule has 2 N–H and O–H groups in total. The molecule has 1 amide bonds. The first-order valence-corrected chi connectivity index (χ1v) is 9.90. The van der Waals surface area contributed by atoms with Crippen molar-refractivity contribution in [3.63, 3.8) is 0 Å². The number of anilines is 2. The van der Waals surface area contributed by atoms with Crippen LogP contribution in [0.3, 0.4) is 0 Å². The number of rotatable bonds is 7. The van der Waals surface area contributed by atoms with E-state index in [2.05, 4.69) is 46.7 Å². The number of hydrogen-bond acceptors (Lipinski definition) is 4. The minimum Gasteiger partial charge on any atom is -0.497 e. The summed E-state index contributed by atoms with van der Waals surface area (Å²) < 4.78 is 5.18. The number of para-hydroxylation sites is 1. The number of aryl methyl sites for hydroxylation is 1. The number of methoxy groups -OCH3 is 1. The van der Waals surface area contributed by atoms with Crippen molar-refractivity contribution in [1.82, 2.24) is 5.32 Å². The third kappa shape index (κ3) is 4.77. The van der Waals surface area contributed by atoms with Crippen LogP contribution in [-0.2, 0) is 4.79 Å². The Balaban J connectivity index is 1.51. The van der Waals surface area contributed by atoms with E-state index < -0.39 is 5.54 Å². The smallest absolute Gasteiger partial charge is 0.245 e. The van der Waals surface area contributed by atoms with Gasteiger partial charge in [-0.1, -0.05) is 18.2 Å². The number of nitrogens with zero attached hydrogens (tertiary/aromatic N) is 1. The molecule has 2 aromatic rings. The zero-order valence-electron chi connectivity index (χ0n) is 17.3. The second-order valence-electron chi connectivity index (χ2n) is 8.08. The van der Waals surface area contributed by atoms with Gasteiger partial charge in [0.2, 0.25) is 5.91 Å². The van der Waals surface area contributed by atoms with Crippen LogP contribution in [0.15, 0.2) is 48.5 Å². The van der Waals surface area contributed by atoms with E-state index >= 15 is 0 Å². The summed E-state index contributed by atoms with van der Waals surface area (Å²) in [5, 5.41) is 6.45. The standard InChI is InChI=1S/C23H31N3O2/c1-17-7-5-6-8-21(17)26-14-13-18(16-26)15-24-22(27)23(2,3)25-19-9-11-20(28-4)12-10-19/h5-12,18,25H,13-16H2,1-4H3,(H,24,27). The van der Waals surface area contributed by atoms with E-state index in [0.717, 1.165) is 30.9 Å². The van der Waals surface area contributed by atoms with Crippen LogP contribution in [0.25, 0.3) is 0 Å². The first-order valence-electron chi connectivity index (χ1n) is 9.90. The topological polar surface area (TPSA) is 53.6 Å². The molecule has 28 heavy (non-hydrogen) atoms. The highest BCUT2D eigenvalue weighted by Crippen LogP contribution is 2.26. The lowest BCUT2D eigenvalue weighted by Crippen LogP contribution is -2.49. The van der Waals surface area contributed by atoms with Gasteiger partial charge in [-0.25, -0.2) is 0 Å². The van der Waals surface area contributed by atoms with Crippen LogP contribution in [0.4, 0.5) is 11.4 Å². The zero-order chi connectivity index (χ0) is 20.1. The maximum atomic E-state index is 12.7. The minimum absolute atomic E-state index is 0.0117. The molecule has 1 atom stereocenters. The summed E-state index contributed by atoms with van der Waals surface area (Å²) in [6.07, 6.45) is 1.10. The number of amides is 1. The van der Waals surface area contributed by atoms with E-state index in [-0.39, 0.29) is 5.91 Å². The number of carbonyl (C=O) groups is 1. The fourth-order valence-electron chi connectivity index (χ4n) is 3.69. The minimum atomic E-state index is -0.692. The molecular formula is C23H31N3O2. The van der Waals surface area contributed by atoms with E-state index in [4.69, 9.17) is 4.74 Å². The third-order valence-electron chi connectivity index (χ3n) is 5.41. The molecule has 2 aromatic carbocycles. The van der Waals surface area contributed by atoms with Crippen molar-refractivity contribution in [2.24, 2.45) is 5.92 Å². The monoisotopic (exact) mass is 381 g/mol. The maximum absolute atomic E-state index is 12.7. The highest BCUT2D eigenvalue weighted by atomic mass is 16.5. The van der Waals surface area contributed by atoms with Crippen LogP contribution in [0.1, 0.15) is 25.8 Å². The molecule has 1 saturated heterocycles. The average molecular weight is 382 g/mol. The number of hydrogen-bond donors (Lipinski definition) is 2. The summed E-state index contributed by atoms with van der Waals surface area (Å²) in [6.45, 7) is 8.69. The van der Waals surface area contributed by atoms with Gasteiger partial charge >= 0.3 is 0 Å². The van der Waals surface area contributed by atoms with Gasteiger partial charge in [0.25, 0.3) is 0 Å². The summed E-state index contributed by atoms with van der Waals surface area (Å²) in [5.74, 6) is 1.28. The van der Waals surface area contributed by atoms with Crippen molar-refractivity contribution in [3.8, 4) is 5.75 Å². The SMILES string of the molecule is COc1ccc(NC(C)(C)C(=O)NCC2CCN(c3ccccc3C)C2)cc1. The summed E-state index contributed by atoms with van der Waals surface area (Å²) in [7, 11) is 1.64. The first kappa shape index (κ1) is 20.1. The fourth-order valence-corrected chi connectivity index (χ4v) is 3.69. The largest absolute Gasteiger partial charge is 0.497 e. The van der Waals surface area contributed by atoms with Gasteiger partial charge in [0.05, 0.1) is 7.11 Å². The number of nitrogens with one attached hydrogen (secondary N) is 2. The fraction of sp³-hybridized carbons (Fsp3) is 0.435. The second-order valence-corrected chi connectivity index (χ2v) is 8.08. The summed E-state index contributed by atoms with van der Waals surface area (Å²) in [6, 6.07) is 16.1. The number of ether oxygens (including phenoxy) is 1. The quantitative estimate of drug-likeness (QED) is 0.765. The summed E-state index contributed by atoms with van der Waals surface area (Å²) >= 11 is 0. The molecule has 5 heteroatoms. The van der Waals surface area contributed by atoms with Crippen molar-refractivity contribution >= 4 is 17.3 Å². The number of benzene rings is 2. The van der Waals surface area contributed by atoms with Crippen molar-refractivity contribution < 1.29 is 9.53 Å². The van der Waals surface area contributed by atoms with Gasteiger partial charge in [-0.05, 0) is 69.0 Å². The second kappa shape index (κ2) is 8.55. The Morgan fingerprint density at radius 1 is 1.18 bits per heavy atom. The molecule has 5 nitrogen and oxygen atoms in total. The Kier molecular flexibility index (Phi) is 6.12. The summed E-state index contributed by atoms with van der Waals surface area (Å²) in [5.41, 5.74) is 2.81. The van der Waals surface area contributed by atoms with Crippen molar-refractivity contribution in [2.75, 3.05) is 37.0 Å². The molecule has 0 aliphatic carbocycles.